The van der Waals surface area contributed by atoms with Gasteiger partial charge in [-0.05, 0) is 54.7 Å². The minimum atomic E-state index is -0.403. The van der Waals surface area contributed by atoms with Crippen molar-refractivity contribution in [2.45, 2.75) is 31.7 Å². The maximum Gasteiger partial charge on any atom is 0.248 e. The summed E-state index contributed by atoms with van der Waals surface area (Å²) in [5.74, 6) is -0.373. The van der Waals surface area contributed by atoms with E-state index < -0.39 is 5.91 Å². The number of benzene rings is 2. The third kappa shape index (κ3) is 6.16. The van der Waals surface area contributed by atoms with Crippen molar-refractivity contribution in [1.29, 1.82) is 5.26 Å². The quantitative estimate of drug-likeness (QED) is 0.755. The lowest BCUT2D eigenvalue weighted by atomic mass is 10.0. The minimum absolute atomic E-state index is 0.0303. The molecule has 1 saturated heterocycles. The molecule has 2 aromatic rings. The Balaban J connectivity index is 1.37. The van der Waals surface area contributed by atoms with Crippen LogP contribution >= 0.6 is 0 Å². The second kappa shape index (κ2) is 9.85. The Morgan fingerprint density at radius 2 is 1.66 bits per heavy atom. The second-order valence-corrected chi connectivity index (χ2v) is 7.48. The second-order valence-electron chi connectivity index (χ2n) is 7.48. The van der Waals surface area contributed by atoms with Crippen LogP contribution in [0.15, 0.2) is 48.5 Å². The molecule has 3 rings (SSSR count). The summed E-state index contributed by atoms with van der Waals surface area (Å²) in [6.07, 6.45) is 3.15. The molecule has 1 fully saturated rings. The molecule has 1 heterocycles. The molecular weight excluding hydrogens is 364 g/mol. The zero-order chi connectivity index (χ0) is 20.6. The normalized spacial score (nSPS) is 14.9. The van der Waals surface area contributed by atoms with Crippen LogP contribution < -0.4 is 11.1 Å². The Morgan fingerprint density at radius 1 is 1.03 bits per heavy atom. The van der Waals surface area contributed by atoms with Gasteiger partial charge in [-0.2, -0.15) is 5.26 Å². The number of hydrogen-bond donors (Lipinski definition) is 2. The van der Waals surface area contributed by atoms with Crippen molar-refractivity contribution in [3.05, 3.63) is 70.8 Å². The number of nitriles is 1. The lowest BCUT2D eigenvalue weighted by molar-refractivity contribution is -0.121. The highest BCUT2D eigenvalue weighted by atomic mass is 16.2. The molecule has 6 heteroatoms. The Labute approximate surface area is 171 Å². The number of carbonyl (C=O) groups is 2. The highest BCUT2D eigenvalue weighted by Gasteiger charge is 2.20. The van der Waals surface area contributed by atoms with Gasteiger partial charge in [0.1, 0.15) is 0 Å². The van der Waals surface area contributed by atoms with E-state index in [0.29, 0.717) is 17.5 Å². The van der Waals surface area contributed by atoms with E-state index in [-0.39, 0.29) is 11.9 Å². The predicted molar refractivity (Wildman–Crippen MR) is 111 cm³/mol. The summed E-state index contributed by atoms with van der Waals surface area (Å²) in [6.45, 7) is 2.88. The van der Waals surface area contributed by atoms with E-state index in [1.165, 1.54) is 5.56 Å². The number of nitrogens with one attached hydrogen (secondary N) is 1. The van der Waals surface area contributed by atoms with Crippen molar-refractivity contribution in [3.63, 3.8) is 0 Å². The van der Waals surface area contributed by atoms with Gasteiger partial charge in [-0.25, -0.2) is 0 Å². The first-order valence-electron chi connectivity index (χ1n) is 9.93. The van der Waals surface area contributed by atoms with Gasteiger partial charge in [0.25, 0.3) is 0 Å². The van der Waals surface area contributed by atoms with Gasteiger partial charge in [0.15, 0.2) is 0 Å². The average Bonchev–Trinajstić information content (AvgIpc) is 2.74. The van der Waals surface area contributed by atoms with Gasteiger partial charge in [0, 0.05) is 31.2 Å². The van der Waals surface area contributed by atoms with Crippen LogP contribution in [0.2, 0.25) is 0 Å². The number of nitrogens with zero attached hydrogens (tertiary/aromatic N) is 2. The van der Waals surface area contributed by atoms with Crippen molar-refractivity contribution in [2.75, 3.05) is 19.6 Å². The van der Waals surface area contributed by atoms with Crippen molar-refractivity contribution in [2.24, 2.45) is 5.73 Å². The Morgan fingerprint density at radius 3 is 2.24 bits per heavy atom. The molecule has 6 nitrogen and oxygen atoms in total. The summed E-state index contributed by atoms with van der Waals surface area (Å²) in [5.41, 5.74) is 8.51. The Hall–Kier alpha value is -3.17. The van der Waals surface area contributed by atoms with Crippen LogP contribution in [-0.2, 0) is 17.6 Å². The molecule has 1 aliphatic heterocycles. The molecule has 29 heavy (non-hydrogen) atoms. The summed E-state index contributed by atoms with van der Waals surface area (Å²) in [7, 11) is 0. The summed E-state index contributed by atoms with van der Waals surface area (Å²) in [4.78, 5) is 25.8. The van der Waals surface area contributed by atoms with E-state index in [9.17, 15) is 9.59 Å². The van der Waals surface area contributed by atoms with E-state index in [4.69, 9.17) is 11.0 Å². The maximum absolute atomic E-state index is 12.3. The molecule has 0 radical (unpaired) electrons. The number of rotatable bonds is 7. The molecular formula is C23H26N4O2. The maximum atomic E-state index is 12.3. The van der Waals surface area contributed by atoms with Crippen LogP contribution in [0.3, 0.4) is 0 Å². The van der Waals surface area contributed by atoms with Crippen LogP contribution in [0.4, 0.5) is 0 Å². The Bertz CT molecular complexity index is 877. The van der Waals surface area contributed by atoms with E-state index in [1.807, 2.05) is 24.3 Å². The lowest BCUT2D eigenvalue weighted by Crippen LogP contribution is -2.45. The number of carbonyl (C=O) groups excluding carboxylic acids is 2. The van der Waals surface area contributed by atoms with Crippen LogP contribution in [0, 0.1) is 11.3 Å². The Kier molecular flexibility index (Phi) is 6.99. The van der Waals surface area contributed by atoms with Crippen molar-refractivity contribution in [3.8, 4) is 6.07 Å². The minimum Gasteiger partial charge on any atom is -0.366 e. The topological polar surface area (TPSA) is 99.2 Å². The summed E-state index contributed by atoms with van der Waals surface area (Å²) in [6, 6.07) is 16.9. The smallest absolute Gasteiger partial charge is 0.248 e. The van der Waals surface area contributed by atoms with Gasteiger partial charge in [-0.15, -0.1) is 0 Å². The first-order valence-corrected chi connectivity index (χ1v) is 9.93. The predicted octanol–water partition coefficient (Wildman–Crippen LogP) is 2.02. The van der Waals surface area contributed by atoms with Gasteiger partial charge in [-0.3, -0.25) is 9.59 Å². The summed E-state index contributed by atoms with van der Waals surface area (Å²) < 4.78 is 0. The molecule has 0 spiro atoms. The summed E-state index contributed by atoms with van der Waals surface area (Å²) in [5, 5.41) is 12.0. The van der Waals surface area contributed by atoms with E-state index >= 15 is 0 Å². The fourth-order valence-electron chi connectivity index (χ4n) is 3.59. The van der Waals surface area contributed by atoms with E-state index in [1.54, 1.807) is 24.3 Å². The molecule has 0 aromatic heterocycles. The number of likely N-dealkylation sites (tertiary alicyclic amines) is 1. The van der Waals surface area contributed by atoms with Crippen LogP contribution in [0.5, 0.6) is 0 Å². The molecule has 0 aliphatic carbocycles. The number of amides is 2. The molecule has 0 atom stereocenters. The molecule has 0 saturated carbocycles. The zero-order valence-electron chi connectivity index (χ0n) is 16.4. The van der Waals surface area contributed by atoms with Crippen LogP contribution in [0.25, 0.3) is 0 Å². The number of piperidine rings is 1. The van der Waals surface area contributed by atoms with Gasteiger partial charge < -0.3 is 16.0 Å². The van der Waals surface area contributed by atoms with Crippen molar-refractivity contribution in [1.82, 2.24) is 10.2 Å². The monoisotopic (exact) mass is 390 g/mol. The molecule has 0 bridgehead atoms. The third-order valence-electron chi connectivity index (χ3n) is 5.36. The third-order valence-corrected chi connectivity index (χ3v) is 5.36. The van der Waals surface area contributed by atoms with Crippen LogP contribution in [0.1, 0.15) is 39.9 Å². The van der Waals surface area contributed by atoms with Crippen LogP contribution in [-0.4, -0.2) is 42.4 Å². The van der Waals surface area contributed by atoms with Gasteiger partial charge in [0.05, 0.1) is 18.1 Å². The fraction of sp³-hybridized carbons (Fsp3) is 0.348. The average molecular weight is 390 g/mol. The molecule has 0 unspecified atom stereocenters. The molecule has 3 N–H and O–H groups in total. The van der Waals surface area contributed by atoms with Crippen molar-refractivity contribution < 1.29 is 9.59 Å². The standard InChI is InChI=1S/C23H26N4O2/c24-16-19-3-1-18(2-4-19)15-22(28)26-21-10-13-27(14-11-21)12-9-17-5-7-20(8-6-17)23(25)29/h1-8,21H,9-15H2,(H2,25,29)(H,26,28). The first kappa shape index (κ1) is 20.6. The molecule has 150 valence electrons. The first-order chi connectivity index (χ1) is 14.0. The fourth-order valence-corrected chi connectivity index (χ4v) is 3.59. The molecule has 2 amide bonds. The highest BCUT2D eigenvalue weighted by Crippen LogP contribution is 2.13. The largest absolute Gasteiger partial charge is 0.366 e. The van der Waals surface area contributed by atoms with E-state index in [0.717, 1.165) is 44.5 Å². The molecule has 1 aliphatic rings. The number of nitrogens with two attached hydrogens (primary N) is 1. The number of hydrogen-bond acceptors (Lipinski definition) is 4. The van der Waals surface area contributed by atoms with Gasteiger partial charge in [-0.1, -0.05) is 24.3 Å². The zero-order valence-corrected chi connectivity index (χ0v) is 16.4. The van der Waals surface area contributed by atoms with Crippen molar-refractivity contribution >= 4 is 11.8 Å². The van der Waals surface area contributed by atoms with Gasteiger partial charge >= 0.3 is 0 Å². The lowest BCUT2D eigenvalue weighted by Gasteiger charge is -2.32. The summed E-state index contributed by atoms with van der Waals surface area (Å²) >= 11 is 0. The highest BCUT2D eigenvalue weighted by molar-refractivity contribution is 5.92. The molecule has 2 aromatic carbocycles. The van der Waals surface area contributed by atoms with Gasteiger partial charge in [0.2, 0.25) is 11.8 Å². The van der Waals surface area contributed by atoms with E-state index in [2.05, 4.69) is 16.3 Å². The number of primary amides is 1. The SMILES string of the molecule is N#Cc1ccc(CC(=O)NC2CCN(CCc3ccc(C(N)=O)cc3)CC2)cc1.